The lowest BCUT2D eigenvalue weighted by Gasteiger charge is -2.48. The Morgan fingerprint density at radius 2 is 1.73 bits per heavy atom. The maximum absolute atomic E-state index is 6.25. The van der Waals surface area contributed by atoms with Crippen LogP contribution in [-0.2, 0) is 11.2 Å². The molecule has 0 radical (unpaired) electrons. The molecule has 1 aliphatic heterocycles. The lowest BCUT2D eigenvalue weighted by Crippen LogP contribution is -2.55. The van der Waals surface area contributed by atoms with E-state index in [2.05, 4.69) is 48.0 Å². The van der Waals surface area contributed by atoms with E-state index in [-0.39, 0.29) is 12.1 Å². The van der Waals surface area contributed by atoms with Crippen molar-refractivity contribution in [2.45, 2.75) is 25.4 Å². The second-order valence-corrected chi connectivity index (χ2v) is 7.69. The SMILES string of the molecule is CCc1cc(Cl)ccc1N1CCN(C)[C@H](COC)[C@@H]1c1ccc(Cl)cc1. The van der Waals surface area contributed by atoms with Gasteiger partial charge in [-0.15, -0.1) is 0 Å². The highest BCUT2D eigenvalue weighted by Crippen LogP contribution is 2.37. The first kappa shape index (κ1) is 19.5. The van der Waals surface area contributed by atoms with Crippen molar-refractivity contribution in [3.05, 3.63) is 63.6 Å². The highest BCUT2D eigenvalue weighted by atomic mass is 35.5. The zero-order valence-electron chi connectivity index (χ0n) is 15.6. The number of benzene rings is 2. The van der Waals surface area contributed by atoms with E-state index in [0.29, 0.717) is 6.61 Å². The van der Waals surface area contributed by atoms with Crippen LogP contribution in [0, 0.1) is 0 Å². The molecule has 1 aliphatic rings. The van der Waals surface area contributed by atoms with Crippen LogP contribution in [0.1, 0.15) is 24.1 Å². The van der Waals surface area contributed by atoms with Gasteiger partial charge in [-0.1, -0.05) is 42.3 Å². The number of hydrogen-bond acceptors (Lipinski definition) is 3. The fraction of sp³-hybridized carbons (Fsp3) is 0.429. The highest BCUT2D eigenvalue weighted by molar-refractivity contribution is 6.31. The molecule has 0 unspecified atom stereocenters. The van der Waals surface area contributed by atoms with Gasteiger partial charge in [0.2, 0.25) is 0 Å². The van der Waals surface area contributed by atoms with E-state index in [0.717, 1.165) is 29.6 Å². The molecule has 0 N–H and O–H groups in total. The van der Waals surface area contributed by atoms with Crippen LogP contribution in [0.25, 0.3) is 0 Å². The summed E-state index contributed by atoms with van der Waals surface area (Å²) in [6.45, 7) is 4.80. The fourth-order valence-electron chi connectivity index (χ4n) is 3.86. The van der Waals surface area contributed by atoms with Crippen LogP contribution in [0.4, 0.5) is 5.69 Å². The minimum absolute atomic E-state index is 0.192. The zero-order chi connectivity index (χ0) is 18.7. The first-order valence-corrected chi connectivity index (χ1v) is 9.80. The molecule has 0 bridgehead atoms. The van der Waals surface area contributed by atoms with Gasteiger partial charge in [0.1, 0.15) is 0 Å². The Morgan fingerprint density at radius 3 is 2.38 bits per heavy atom. The average molecular weight is 393 g/mol. The van der Waals surface area contributed by atoms with Crippen molar-refractivity contribution in [2.75, 3.05) is 38.8 Å². The number of piperazine rings is 1. The van der Waals surface area contributed by atoms with Crippen LogP contribution in [-0.4, -0.2) is 44.8 Å². The standard InChI is InChI=1S/C21H26Cl2N2O/c1-4-15-13-18(23)9-10-19(15)25-12-11-24(2)20(14-26-3)21(25)16-5-7-17(22)8-6-16/h5-10,13,20-21H,4,11-12,14H2,1-3H3/t20-,21+/m1/s1. The first-order valence-electron chi connectivity index (χ1n) is 9.04. The van der Waals surface area contributed by atoms with Gasteiger partial charge < -0.3 is 9.64 Å². The Hall–Kier alpha value is -1.26. The molecular formula is C21H26Cl2N2O. The third-order valence-corrected chi connectivity index (χ3v) is 5.73. The van der Waals surface area contributed by atoms with Crippen LogP contribution >= 0.6 is 23.2 Å². The molecule has 1 fully saturated rings. The van der Waals surface area contributed by atoms with Crippen molar-refractivity contribution in [3.63, 3.8) is 0 Å². The van der Waals surface area contributed by atoms with Gasteiger partial charge in [0.15, 0.2) is 0 Å². The smallest absolute Gasteiger partial charge is 0.0720 e. The van der Waals surface area contributed by atoms with E-state index in [4.69, 9.17) is 27.9 Å². The van der Waals surface area contributed by atoms with E-state index in [1.165, 1.54) is 16.8 Å². The van der Waals surface area contributed by atoms with Gasteiger partial charge in [0.05, 0.1) is 18.7 Å². The van der Waals surface area contributed by atoms with Gasteiger partial charge in [-0.2, -0.15) is 0 Å². The molecule has 0 saturated carbocycles. The van der Waals surface area contributed by atoms with Gasteiger partial charge in [0.25, 0.3) is 0 Å². The third-order valence-electron chi connectivity index (χ3n) is 5.24. The van der Waals surface area contributed by atoms with Crippen molar-refractivity contribution >= 4 is 28.9 Å². The molecular weight excluding hydrogens is 367 g/mol. The summed E-state index contributed by atoms with van der Waals surface area (Å²) in [5.74, 6) is 0. The molecule has 2 aromatic carbocycles. The number of anilines is 1. The van der Waals surface area contributed by atoms with Gasteiger partial charge >= 0.3 is 0 Å². The molecule has 5 heteroatoms. The van der Waals surface area contributed by atoms with E-state index in [1.807, 2.05) is 18.2 Å². The van der Waals surface area contributed by atoms with Crippen LogP contribution < -0.4 is 4.90 Å². The summed E-state index contributed by atoms with van der Waals surface area (Å²) >= 11 is 12.4. The number of likely N-dealkylation sites (N-methyl/N-ethyl adjacent to an activating group) is 1. The molecule has 0 spiro atoms. The lowest BCUT2D eigenvalue weighted by atomic mass is 9.93. The van der Waals surface area contributed by atoms with Crippen LogP contribution in [0.15, 0.2) is 42.5 Å². The van der Waals surface area contributed by atoms with Crippen molar-refractivity contribution in [3.8, 4) is 0 Å². The molecule has 0 aliphatic carbocycles. The molecule has 140 valence electrons. The van der Waals surface area contributed by atoms with Crippen molar-refractivity contribution in [1.29, 1.82) is 0 Å². The minimum Gasteiger partial charge on any atom is -0.383 e. The molecule has 3 rings (SSSR count). The van der Waals surface area contributed by atoms with Gasteiger partial charge in [-0.05, 0) is 54.9 Å². The molecule has 2 aromatic rings. The maximum Gasteiger partial charge on any atom is 0.0720 e. The number of ether oxygens (including phenoxy) is 1. The normalized spacial score (nSPS) is 21.2. The van der Waals surface area contributed by atoms with Crippen molar-refractivity contribution in [2.24, 2.45) is 0 Å². The lowest BCUT2D eigenvalue weighted by molar-refractivity contribution is 0.0745. The van der Waals surface area contributed by atoms with Crippen molar-refractivity contribution < 1.29 is 4.74 Å². The molecule has 1 heterocycles. The summed E-state index contributed by atoms with van der Waals surface area (Å²) in [5, 5.41) is 1.55. The van der Waals surface area contributed by atoms with E-state index in [1.54, 1.807) is 7.11 Å². The summed E-state index contributed by atoms with van der Waals surface area (Å²) in [6.07, 6.45) is 0.949. The van der Waals surface area contributed by atoms with Gasteiger partial charge in [-0.3, -0.25) is 4.90 Å². The summed E-state index contributed by atoms with van der Waals surface area (Å²) < 4.78 is 5.57. The van der Waals surface area contributed by atoms with Gasteiger partial charge in [-0.25, -0.2) is 0 Å². The zero-order valence-corrected chi connectivity index (χ0v) is 17.1. The van der Waals surface area contributed by atoms with Crippen LogP contribution in [0.5, 0.6) is 0 Å². The Morgan fingerprint density at radius 1 is 1.04 bits per heavy atom. The summed E-state index contributed by atoms with van der Waals surface area (Å²) in [5.41, 5.74) is 3.78. The van der Waals surface area contributed by atoms with E-state index >= 15 is 0 Å². The quantitative estimate of drug-likeness (QED) is 0.706. The first-order chi connectivity index (χ1) is 12.5. The van der Waals surface area contributed by atoms with Crippen molar-refractivity contribution in [1.82, 2.24) is 4.90 Å². The highest BCUT2D eigenvalue weighted by Gasteiger charge is 2.36. The number of rotatable bonds is 5. The number of hydrogen-bond donors (Lipinski definition) is 0. The molecule has 26 heavy (non-hydrogen) atoms. The predicted octanol–water partition coefficient (Wildman–Crippen LogP) is 5.06. The number of methoxy groups -OCH3 is 1. The molecule has 2 atom stereocenters. The number of aryl methyl sites for hydroxylation is 1. The largest absolute Gasteiger partial charge is 0.383 e. The number of nitrogens with zero attached hydrogens (tertiary/aromatic N) is 2. The third kappa shape index (κ3) is 4.01. The number of halogens is 2. The second kappa shape index (κ2) is 8.62. The van der Waals surface area contributed by atoms with Crippen LogP contribution in [0.2, 0.25) is 10.0 Å². The molecule has 1 saturated heterocycles. The molecule has 3 nitrogen and oxygen atoms in total. The van der Waals surface area contributed by atoms with E-state index in [9.17, 15) is 0 Å². The maximum atomic E-state index is 6.25. The Kier molecular flexibility index (Phi) is 6.46. The minimum atomic E-state index is 0.192. The average Bonchev–Trinajstić information content (AvgIpc) is 2.64. The van der Waals surface area contributed by atoms with Gasteiger partial charge in [0, 0.05) is 35.9 Å². The summed E-state index contributed by atoms with van der Waals surface area (Å²) in [4.78, 5) is 4.89. The topological polar surface area (TPSA) is 15.7 Å². The monoisotopic (exact) mass is 392 g/mol. The van der Waals surface area contributed by atoms with E-state index < -0.39 is 0 Å². The summed E-state index contributed by atoms with van der Waals surface area (Å²) in [7, 11) is 3.94. The second-order valence-electron chi connectivity index (χ2n) is 6.82. The Labute approximate surface area is 166 Å². The van der Waals surface area contributed by atoms with Crippen LogP contribution in [0.3, 0.4) is 0 Å². The predicted molar refractivity (Wildman–Crippen MR) is 111 cm³/mol. The Bertz CT molecular complexity index is 735. The molecule has 0 amide bonds. The Balaban J connectivity index is 2.07. The summed E-state index contributed by atoms with van der Waals surface area (Å²) in [6, 6.07) is 14.9. The molecule has 0 aromatic heterocycles. The fourth-order valence-corrected chi connectivity index (χ4v) is 4.18.